The van der Waals surface area contributed by atoms with Crippen LogP contribution in [0.25, 0.3) is 0 Å². The minimum absolute atomic E-state index is 0.0637. The van der Waals surface area contributed by atoms with Gasteiger partial charge < -0.3 is 30.4 Å². The molecule has 13 heteroatoms. The monoisotopic (exact) mass is 560 g/mol. The molecule has 0 aliphatic rings. The first-order valence-corrected chi connectivity index (χ1v) is 13.2. The number of aliphatic carboxylic acids is 1. The summed E-state index contributed by atoms with van der Waals surface area (Å²) in [5, 5.41) is 18.4. The zero-order chi connectivity index (χ0) is 28.6. The van der Waals surface area contributed by atoms with Crippen LogP contribution < -0.4 is 21.5 Å². The van der Waals surface area contributed by atoms with Gasteiger partial charge in [-0.2, -0.15) is 0 Å². The van der Waals surface area contributed by atoms with Gasteiger partial charge in [0.15, 0.2) is 0 Å². The number of carboxylic acid groups (broad SMARTS) is 1. The van der Waals surface area contributed by atoms with Crippen LogP contribution in [0.2, 0.25) is 0 Å². The van der Waals surface area contributed by atoms with Gasteiger partial charge in [0, 0.05) is 30.1 Å². The lowest BCUT2D eigenvalue weighted by molar-refractivity contribution is -0.139. The maximum absolute atomic E-state index is 13.0. The average Bonchev–Trinajstić information content (AvgIpc) is 3.40. The van der Waals surface area contributed by atoms with Crippen LogP contribution in [0.3, 0.4) is 0 Å². The number of carbonyl (C=O) groups excluding carboxylic acids is 4. The Morgan fingerprint density at radius 1 is 1.13 bits per heavy atom. The van der Waals surface area contributed by atoms with Crippen molar-refractivity contribution < 1.29 is 33.8 Å². The van der Waals surface area contributed by atoms with E-state index < -0.39 is 41.8 Å². The molecule has 0 bridgehead atoms. The molecule has 4 N–H and O–H groups in total. The number of rotatable bonds is 16. The fourth-order valence-electron chi connectivity index (χ4n) is 3.36. The Balaban J connectivity index is 2.03. The number of anilines is 1. The number of hydrogen-bond acceptors (Lipinski definition) is 8. The smallest absolute Gasteiger partial charge is 0.330 e. The number of esters is 1. The zero-order valence-electron chi connectivity index (χ0n) is 21.5. The van der Waals surface area contributed by atoms with Crippen LogP contribution in [0.1, 0.15) is 37.5 Å². The number of carboxylic acids is 1. The Morgan fingerprint density at radius 2 is 1.92 bits per heavy atom. The van der Waals surface area contributed by atoms with Crippen LogP contribution in [0.5, 0.6) is 0 Å². The molecule has 210 valence electrons. The molecule has 0 aliphatic carbocycles. The van der Waals surface area contributed by atoms with Gasteiger partial charge in [0.2, 0.25) is 17.7 Å². The van der Waals surface area contributed by atoms with Crippen molar-refractivity contribution in [1.29, 1.82) is 0 Å². The van der Waals surface area contributed by atoms with Crippen molar-refractivity contribution in [3.05, 3.63) is 63.2 Å². The minimum atomic E-state index is -1.16. The number of hydrogen-bond donors (Lipinski definition) is 4. The summed E-state index contributed by atoms with van der Waals surface area (Å²) in [6.07, 6.45) is 4.29. The van der Waals surface area contributed by atoms with Gasteiger partial charge >= 0.3 is 11.9 Å². The van der Waals surface area contributed by atoms with Gasteiger partial charge in [-0.1, -0.05) is 12.1 Å². The number of nitrogens with zero attached hydrogens (tertiary/aromatic N) is 1. The molecule has 0 radical (unpaired) electrons. The van der Waals surface area contributed by atoms with Gasteiger partial charge in [-0.15, -0.1) is 11.3 Å². The van der Waals surface area contributed by atoms with Crippen molar-refractivity contribution in [3.63, 3.8) is 0 Å². The van der Waals surface area contributed by atoms with Gasteiger partial charge in [0.25, 0.3) is 5.56 Å². The quantitative estimate of drug-likeness (QED) is 0.176. The standard InChI is InChI=1S/C26H32N4O8S/c1-2-38-24(35)10-4-3-8-19(28-21(31)11-12-23(33)34)25(36)29-20-9-5-15-30(26(20)37)17-22(32)27-14-13-18-7-6-16-39-18/h4-7,9-10,15-16,19H,2-3,8,11-14,17H2,1H3,(H,27,32)(H,28,31)(H,29,36)(H,33,34)/b10-4+. The third-order valence-corrected chi connectivity index (χ3v) is 6.18. The molecular formula is C26H32N4O8S. The second kappa shape index (κ2) is 16.6. The van der Waals surface area contributed by atoms with Crippen LogP contribution >= 0.6 is 11.3 Å². The highest BCUT2D eigenvalue weighted by molar-refractivity contribution is 7.09. The number of allylic oxidation sites excluding steroid dienone is 1. The summed E-state index contributed by atoms with van der Waals surface area (Å²) >= 11 is 1.58. The van der Waals surface area contributed by atoms with E-state index in [4.69, 9.17) is 9.84 Å². The minimum Gasteiger partial charge on any atom is -0.481 e. The molecular weight excluding hydrogens is 528 g/mol. The predicted molar refractivity (Wildman–Crippen MR) is 144 cm³/mol. The molecule has 2 heterocycles. The topological polar surface area (TPSA) is 173 Å². The van der Waals surface area contributed by atoms with Crippen molar-refractivity contribution in [2.24, 2.45) is 0 Å². The van der Waals surface area contributed by atoms with E-state index in [1.54, 1.807) is 18.3 Å². The van der Waals surface area contributed by atoms with Gasteiger partial charge in [-0.25, -0.2) is 4.79 Å². The molecule has 0 aromatic carbocycles. The van der Waals surface area contributed by atoms with Crippen molar-refractivity contribution >= 4 is 46.7 Å². The van der Waals surface area contributed by atoms with Crippen LogP contribution in [0.4, 0.5) is 5.69 Å². The molecule has 2 rings (SSSR count). The Labute approximate surface area is 229 Å². The van der Waals surface area contributed by atoms with Gasteiger partial charge in [-0.3, -0.25) is 24.0 Å². The fourth-order valence-corrected chi connectivity index (χ4v) is 4.06. The molecule has 0 saturated heterocycles. The number of pyridine rings is 1. The summed E-state index contributed by atoms with van der Waals surface area (Å²) in [7, 11) is 0. The van der Waals surface area contributed by atoms with Crippen LogP contribution in [-0.2, 0) is 41.7 Å². The lowest BCUT2D eigenvalue weighted by Gasteiger charge is -2.18. The molecule has 1 atom stereocenters. The average molecular weight is 561 g/mol. The number of amides is 3. The summed E-state index contributed by atoms with van der Waals surface area (Å²) in [5.41, 5.74) is -0.710. The first-order valence-electron chi connectivity index (χ1n) is 12.3. The molecule has 0 saturated carbocycles. The first-order chi connectivity index (χ1) is 18.7. The molecule has 0 fully saturated rings. The van der Waals surface area contributed by atoms with Crippen molar-refractivity contribution in [2.45, 2.75) is 51.6 Å². The third kappa shape index (κ3) is 11.8. The summed E-state index contributed by atoms with van der Waals surface area (Å²) < 4.78 is 5.94. The highest BCUT2D eigenvalue weighted by Gasteiger charge is 2.22. The number of thiophene rings is 1. The van der Waals surface area contributed by atoms with Crippen molar-refractivity contribution in [1.82, 2.24) is 15.2 Å². The molecule has 0 spiro atoms. The Morgan fingerprint density at radius 3 is 2.62 bits per heavy atom. The Bertz CT molecular complexity index is 1220. The van der Waals surface area contributed by atoms with E-state index in [1.807, 2.05) is 17.5 Å². The molecule has 1 unspecified atom stereocenters. The van der Waals surface area contributed by atoms with E-state index in [0.717, 1.165) is 9.44 Å². The van der Waals surface area contributed by atoms with E-state index in [9.17, 15) is 28.8 Å². The molecule has 12 nitrogen and oxygen atoms in total. The second-order valence-corrected chi connectivity index (χ2v) is 9.30. The van der Waals surface area contributed by atoms with Crippen molar-refractivity contribution in [2.75, 3.05) is 18.5 Å². The second-order valence-electron chi connectivity index (χ2n) is 8.27. The summed E-state index contributed by atoms with van der Waals surface area (Å²) in [6, 6.07) is 5.64. The van der Waals surface area contributed by atoms with E-state index in [2.05, 4.69) is 16.0 Å². The normalized spacial score (nSPS) is 11.5. The third-order valence-electron chi connectivity index (χ3n) is 5.25. The van der Waals surface area contributed by atoms with Crippen LogP contribution in [0.15, 0.2) is 52.8 Å². The number of aromatic nitrogens is 1. The summed E-state index contributed by atoms with van der Waals surface area (Å²) in [6.45, 7) is 2.04. The molecule has 39 heavy (non-hydrogen) atoms. The highest BCUT2D eigenvalue weighted by atomic mass is 32.1. The van der Waals surface area contributed by atoms with Crippen molar-refractivity contribution in [3.8, 4) is 0 Å². The predicted octanol–water partition coefficient (Wildman–Crippen LogP) is 1.46. The maximum Gasteiger partial charge on any atom is 0.330 e. The highest BCUT2D eigenvalue weighted by Crippen LogP contribution is 2.08. The first kappa shape index (κ1) is 31.0. The fraction of sp³-hybridized carbons (Fsp3) is 0.385. The maximum atomic E-state index is 13.0. The zero-order valence-corrected chi connectivity index (χ0v) is 22.3. The van der Waals surface area contributed by atoms with Gasteiger partial charge in [0.1, 0.15) is 18.3 Å². The number of ether oxygens (including phenoxy) is 1. The Kier molecular flexibility index (Phi) is 13.1. The van der Waals surface area contributed by atoms with E-state index in [-0.39, 0.29) is 44.0 Å². The molecule has 2 aromatic rings. The largest absolute Gasteiger partial charge is 0.481 e. The summed E-state index contributed by atoms with van der Waals surface area (Å²) in [4.78, 5) is 73.7. The Hall–Kier alpha value is -4.26. The van der Waals surface area contributed by atoms with E-state index in [0.29, 0.717) is 13.0 Å². The van der Waals surface area contributed by atoms with Crippen LogP contribution in [-0.4, -0.2) is 58.5 Å². The van der Waals surface area contributed by atoms with Gasteiger partial charge in [-0.05, 0) is 49.8 Å². The lowest BCUT2D eigenvalue weighted by atomic mass is 10.1. The summed E-state index contributed by atoms with van der Waals surface area (Å²) in [5.74, 6) is -3.45. The number of nitrogens with one attached hydrogen (secondary N) is 3. The van der Waals surface area contributed by atoms with E-state index >= 15 is 0 Å². The number of carbonyl (C=O) groups is 5. The van der Waals surface area contributed by atoms with E-state index in [1.165, 1.54) is 30.5 Å². The van der Waals surface area contributed by atoms with Gasteiger partial charge in [0.05, 0.1) is 13.0 Å². The molecule has 3 amide bonds. The molecule has 0 aliphatic heterocycles. The lowest BCUT2D eigenvalue weighted by Crippen LogP contribution is -2.44. The molecule has 2 aromatic heterocycles. The van der Waals surface area contributed by atoms with Crippen LogP contribution in [0, 0.1) is 0 Å². The SMILES string of the molecule is CCOC(=O)/C=C/CCC(NC(=O)CCC(=O)O)C(=O)Nc1cccn(CC(=O)NCCc2cccs2)c1=O.